The molecule has 2 aromatic heterocycles. The first kappa shape index (κ1) is 19.7. The van der Waals surface area contributed by atoms with E-state index in [0.29, 0.717) is 11.3 Å². The van der Waals surface area contributed by atoms with E-state index in [9.17, 15) is 4.39 Å². The molecule has 0 amide bonds. The third-order valence-corrected chi connectivity index (χ3v) is 7.17. The van der Waals surface area contributed by atoms with Crippen LogP contribution < -0.4 is 10.1 Å². The first-order valence-electron chi connectivity index (χ1n) is 11.5. The Labute approximate surface area is 186 Å². The largest absolute Gasteiger partial charge is 0.474 e. The number of rotatable bonds is 4. The molecule has 1 spiro atoms. The fourth-order valence-corrected chi connectivity index (χ4v) is 5.46. The lowest BCUT2D eigenvalue weighted by Gasteiger charge is -2.44. The van der Waals surface area contributed by atoms with Crippen molar-refractivity contribution < 1.29 is 9.13 Å². The third kappa shape index (κ3) is 3.16. The van der Waals surface area contributed by atoms with E-state index in [4.69, 9.17) is 9.72 Å². The van der Waals surface area contributed by atoms with E-state index in [2.05, 4.69) is 41.5 Å². The predicted molar refractivity (Wildman–Crippen MR) is 124 cm³/mol. The number of aromatic amines is 1. The van der Waals surface area contributed by atoms with Crippen LogP contribution in [0, 0.1) is 11.2 Å². The number of pyridine rings is 1. The molecule has 4 aromatic rings. The molecular weight excluding hydrogens is 403 g/mol. The van der Waals surface area contributed by atoms with E-state index in [1.807, 2.05) is 18.3 Å². The first-order chi connectivity index (χ1) is 15.5. The van der Waals surface area contributed by atoms with Crippen LogP contribution in [-0.2, 0) is 0 Å². The van der Waals surface area contributed by atoms with Crippen LogP contribution in [0.2, 0.25) is 0 Å². The van der Waals surface area contributed by atoms with Crippen molar-refractivity contribution in [2.75, 3.05) is 13.1 Å². The van der Waals surface area contributed by atoms with E-state index >= 15 is 0 Å². The van der Waals surface area contributed by atoms with Crippen molar-refractivity contribution in [3.8, 4) is 17.0 Å². The first-order valence-corrected chi connectivity index (χ1v) is 11.5. The summed E-state index contributed by atoms with van der Waals surface area (Å²) < 4.78 is 20.2. The van der Waals surface area contributed by atoms with Crippen molar-refractivity contribution in [3.05, 3.63) is 54.1 Å². The normalized spacial score (nSPS) is 22.8. The molecule has 0 radical (unpaired) electrons. The fourth-order valence-electron chi connectivity index (χ4n) is 5.46. The molecule has 0 bridgehead atoms. The van der Waals surface area contributed by atoms with Crippen LogP contribution in [-0.4, -0.2) is 34.4 Å². The summed E-state index contributed by atoms with van der Waals surface area (Å²) in [6, 6.07) is 10.9. The van der Waals surface area contributed by atoms with Crippen LogP contribution in [0.1, 0.15) is 44.7 Å². The quantitative estimate of drug-likeness (QED) is 0.445. The Kier molecular flexibility index (Phi) is 4.47. The Balaban J connectivity index is 1.51. The second-order valence-electron chi connectivity index (χ2n) is 9.77. The highest BCUT2D eigenvalue weighted by Gasteiger charge is 2.47. The molecule has 1 saturated carbocycles. The molecule has 164 valence electrons. The third-order valence-electron chi connectivity index (χ3n) is 7.17. The van der Waals surface area contributed by atoms with Crippen LogP contribution in [0.15, 0.2) is 42.6 Å². The lowest BCUT2D eigenvalue weighted by molar-refractivity contribution is -0.00295. The number of hydrogen-bond acceptors (Lipinski definition) is 4. The average Bonchev–Trinajstić information content (AvgIpc) is 3.42. The molecule has 1 aliphatic heterocycles. The number of aromatic nitrogens is 3. The van der Waals surface area contributed by atoms with Gasteiger partial charge in [0.25, 0.3) is 0 Å². The van der Waals surface area contributed by atoms with Gasteiger partial charge in [-0.1, -0.05) is 26.0 Å². The molecule has 0 atom stereocenters. The maximum absolute atomic E-state index is 13.7. The van der Waals surface area contributed by atoms with Crippen LogP contribution >= 0.6 is 0 Å². The highest BCUT2D eigenvalue weighted by molar-refractivity contribution is 6.06. The molecule has 3 heterocycles. The van der Waals surface area contributed by atoms with Gasteiger partial charge in [0.05, 0.1) is 17.4 Å². The zero-order chi connectivity index (χ0) is 21.9. The van der Waals surface area contributed by atoms with Gasteiger partial charge in [0.2, 0.25) is 5.88 Å². The minimum Gasteiger partial charge on any atom is -0.474 e. The summed E-state index contributed by atoms with van der Waals surface area (Å²) in [7, 11) is 0. The Hall–Kier alpha value is -2.99. The van der Waals surface area contributed by atoms with Crippen LogP contribution in [0.4, 0.5) is 4.39 Å². The van der Waals surface area contributed by atoms with E-state index < -0.39 is 0 Å². The predicted octanol–water partition coefficient (Wildman–Crippen LogP) is 5.56. The van der Waals surface area contributed by atoms with Crippen molar-refractivity contribution in [2.45, 2.75) is 45.1 Å². The average molecular weight is 431 g/mol. The van der Waals surface area contributed by atoms with Crippen LogP contribution in [0.5, 0.6) is 5.88 Å². The van der Waals surface area contributed by atoms with E-state index in [1.54, 1.807) is 0 Å². The zero-order valence-electron chi connectivity index (χ0n) is 18.4. The van der Waals surface area contributed by atoms with Crippen molar-refractivity contribution in [1.29, 1.82) is 0 Å². The SMILES string of the molecule is CC(C)c1nc(OC2CC3(CCNC3)C2)c2cc3[nH]ncc3cc2c1-c1ccc(F)cc1. The molecule has 6 rings (SSSR count). The molecule has 2 aromatic carbocycles. The molecule has 1 saturated heterocycles. The highest BCUT2D eigenvalue weighted by Crippen LogP contribution is 2.48. The molecular formula is C26H27FN4O. The van der Waals surface area contributed by atoms with Crippen molar-refractivity contribution in [1.82, 2.24) is 20.5 Å². The Morgan fingerprint density at radius 2 is 1.94 bits per heavy atom. The number of fused-ring (bicyclic) bond motifs is 2. The van der Waals surface area contributed by atoms with E-state index in [0.717, 1.165) is 64.4 Å². The maximum atomic E-state index is 13.7. The molecule has 2 fully saturated rings. The molecule has 2 N–H and O–H groups in total. The van der Waals surface area contributed by atoms with Crippen molar-refractivity contribution in [2.24, 2.45) is 5.41 Å². The van der Waals surface area contributed by atoms with Gasteiger partial charge in [-0.3, -0.25) is 5.10 Å². The summed E-state index contributed by atoms with van der Waals surface area (Å²) >= 11 is 0. The Morgan fingerprint density at radius 1 is 1.12 bits per heavy atom. The topological polar surface area (TPSA) is 62.8 Å². The Morgan fingerprint density at radius 3 is 2.66 bits per heavy atom. The second-order valence-corrected chi connectivity index (χ2v) is 9.77. The molecule has 32 heavy (non-hydrogen) atoms. The second kappa shape index (κ2) is 7.27. The standard InChI is InChI=1S/C26H27FN4O/c1-15(2)24-23(16-3-5-18(27)6-4-16)20-9-17-13-29-31-22(17)10-21(20)25(30-24)32-19-11-26(12-19)7-8-28-14-26/h3-6,9-10,13,15,19,28H,7-8,11-12,14H2,1-2H3,(H,29,31). The molecule has 6 heteroatoms. The van der Waals surface area contributed by atoms with Gasteiger partial charge in [0.15, 0.2) is 0 Å². The van der Waals surface area contributed by atoms with Crippen molar-refractivity contribution in [3.63, 3.8) is 0 Å². The van der Waals surface area contributed by atoms with Crippen molar-refractivity contribution >= 4 is 21.7 Å². The summed E-state index contributed by atoms with van der Waals surface area (Å²) in [6.45, 7) is 6.49. The molecule has 0 unspecified atom stereocenters. The number of ether oxygens (including phenoxy) is 1. The Bertz CT molecular complexity index is 1300. The van der Waals surface area contributed by atoms with Gasteiger partial charge in [-0.05, 0) is 72.4 Å². The minimum absolute atomic E-state index is 0.189. The maximum Gasteiger partial charge on any atom is 0.221 e. The van der Waals surface area contributed by atoms with Gasteiger partial charge in [-0.25, -0.2) is 9.37 Å². The smallest absolute Gasteiger partial charge is 0.221 e. The highest BCUT2D eigenvalue weighted by atomic mass is 19.1. The molecule has 1 aliphatic carbocycles. The number of benzene rings is 2. The summed E-state index contributed by atoms with van der Waals surface area (Å²) in [5.41, 5.74) is 4.33. The van der Waals surface area contributed by atoms with Gasteiger partial charge in [0, 0.05) is 22.9 Å². The monoisotopic (exact) mass is 430 g/mol. The number of H-pyrrole nitrogens is 1. The van der Waals surface area contributed by atoms with Gasteiger partial charge in [0.1, 0.15) is 11.9 Å². The summed E-state index contributed by atoms with van der Waals surface area (Å²) in [4.78, 5) is 5.06. The van der Waals surface area contributed by atoms with E-state index in [-0.39, 0.29) is 17.8 Å². The number of halogens is 1. The van der Waals surface area contributed by atoms with Crippen LogP contribution in [0.25, 0.3) is 32.8 Å². The summed E-state index contributed by atoms with van der Waals surface area (Å²) in [5.74, 6) is 0.639. The fraction of sp³-hybridized carbons (Fsp3) is 0.385. The number of nitrogens with one attached hydrogen (secondary N) is 2. The van der Waals surface area contributed by atoms with Crippen LogP contribution in [0.3, 0.4) is 0 Å². The van der Waals surface area contributed by atoms with E-state index in [1.165, 1.54) is 18.6 Å². The summed E-state index contributed by atoms with van der Waals surface area (Å²) in [5, 5.41) is 13.9. The van der Waals surface area contributed by atoms with Gasteiger partial charge >= 0.3 is 0 Å². The number of nitrogens with zero attached hydrogens (tertiary/aromatic N) is 2. The number of hydrogen-bond donors (Lipinski definition) is 2. The lowest BCUT2D eigenvalue weighted by Crippen LogP contribution is -2.45. The lowest BCUT2D eigenvalue weighted by atomic mass is 9.66. The molecule has 2 aliphatic rings. The zero-order valence-corrected chi connectivity index (χ0v) is 18.4. The van der Waals surface area contributed by atoms with Gasteiger partial charge < -0.3 is 10.1 Å². The van der Waals surface area contributed by atoms with Gasteiger partial charge in [-0.15, -0.1) is 0 Å². The minimum atomic E-state index is -0.241. The van der Waals surface area contributed by atoms with Gasteiger partial charge in [-0.2, -0.15) is 5.10 Å². The molecule has 5 nitrogen and oxygen atoms in total. The summed E-state index contributed by atoms with van der Waals surface area (Å²) in [6.07, 6.45) is 5.41.